The average Bonchev–Trinajstić information content (AvgIpc) is 2.93. The molecule has 6 heteroatoms. The van der Waals surface area contributed by atoms with Crippen molar-refractivity contribution in [3.05, 3.63) is 20.7 Å². The third kappa shape index (κ3) is 1.58. The second kappa shape index (κ2) is 4.19. The predicted octanol–water partition coefficient (Wildman–Crippen LogP) is 2.92. The molecule has 3 rings (SSSR count). The molecular weight excluding hydrogens is 352 g/mol. The minimum absolute atomic E-state index is 0.255. The van der Waals surface area contributed by atoms with E-state index in [1.165, 1.54) is 5.56 Å². The zero-order chi connectivity index (χ0) is 12.0. The average molecular weight is 362 g/mol. The highest BCUT2D eigenvalue weighted by Gasteiger charge is 2.26. The number of benzene rings is 1. The minimum atomic E-state index is 0.255. The highest BCUT2D eigenvalue weighted by atomic mass is 79.9. The van der Waals surface area contributed by atoms with Crippen molar-refractivity contribution in [2.75, 3.05) is 13.3 Å². The zero-order valence-electron chi connectivity index (χ0n) is 8.85. The molecule has 0 saturated heterocycles. The molecule has 0 unspecified atom stereocenters. The summed E-state index contributed by atoms with van der Waals surface area (Å²) in [5, 5.41) is 1.10. The van der Waals surface area contributed by atoms with Crippen LogP contribution in [-0.2, 0) is 6.42 Å². The summed E-state index contributed by atoms with van der Waals surface area (Å²) >= 11 is 7.12. The van der Waals surface area contributed by atoms with Gasteiger partial charge in [-0.15, -0.1) is 0 Å². The van der Waals surface area contributed by atoms with Gasteiger partial charge in [-0.3, -0.25) is 0 Å². The number of ether oxygens (including phenoxy) is 2. The van der Waals surface area contributed by atoms with Gasteiger partial charge in [-0.05, 0) is 50.4 Å². The molecule has 2 heterocycles. The van der Waals surface area contributed by atoms with Crippen LogP contribution >= 0.6 is 31.9 Å². The summed E-state index contributed by atoms with van der Waals surface area (Å²) in [6.07, 6.45) is 2.80. The number of halogens is 2. The largest absolute Gasteiger partial charge is 0.452 e. The van der Waals surface area contributed by atoms with Gasteiger partial charge in [0, 0.05) is 11.6 Å². The van der Waals surface area contributed by atoms with E-state index < -0.39 is 0 Å². The summed E-state index contributed by atoms with van der Waals surface area (Å²) in [5.41, 5.74) is 7.79. The Labute approximate surface area is 115 Å². The molecule has 1 aromatic heterocycles. The fourth-order valence-electron chi connectivity index (χ4n) is 2.07. The Balaban J connectivity index is 2.35. The fraction of sp³-hybridized carbons (Fsp3) is 0.273. The fourth-order valence-corrected chi connectivity index (χ4v) is 3.43. The Morgan fingerprint density at radius 2 is 1.94 bits per heavy atom. The summed E-state index contributed by atoms with van der Waals surface area (Å²) in [6, 6.07) is 0. The molecule has 0 aliphatic carbocycles. The van der Waals surface area contributed by atoms with E-state index in [9.17, 15) is 0 Å². The van der Waals surface area contributed by atoms with E-state index in [-0.39, 0.29) is 6.79 Å². The first-order valence-corrected chi connectivity index (χ1v) is 6.79. The molecule has 0 saturated carbocycles. The first-order chi connectivity index (χ1) is 8.24. The molecule has 0 spiro atoms. The van der Waals surface area contributed by atoms with Crippen molar-refractivity contribution in [2.24, 2.45) is 5.73 Å². The lowest BCUT2D eigenvalue weighted by molar-refractivity contribution is 0.173. The van der Waals surface area contributed by atoms with Crippen LogP contribution in [0.15, 0.2) is 15.1 Å². The molecule has 0 amide bonds. The van der Waals surface area contributed by atoms with Crippen LogP contribution in [0.1, 0.15) is 5.56 Å². The van der Waals surface area contributed by atoms with Crippen molar-refractivity contribution in [2.45, 2.75) is 6.42 Å². The predicted molar refractivity (Wildman–Crippen MR) is 72.6 cm³/mol. The normalized spacial score (nSPS) is 13.6. The van der Waals surface area contributed by atoms with Gasteiger partial charge in [0.25, 0.3) is 0 Å². The van der Waals surface area contributed by atoms with E-state index in [2.05, 4.69) is 36.8 Å². The van der Waals surface area contributed by atoms with Gasteiger partial charge in [0.2, 0.25) is 6.79 Å². The number of H-pyrrole nitrogens is 1. The quantitative estimate of drug-likeness (QED) is 0.864. The van der Waals surface area contributed by atoms with Crippen LogP contribution in [0.3, 0.4) is 0 Å². The Kier molecular flexibility index (Phi) is 2.80. The van der Waals surface area contributed by atoms with Gasteiger partial charge in [0.05, 0.1) is 14.5 Å². The maximum Gasteiger partial charge on any atom is 0.231 e. The topological polar surface area (TPSA) is 60.3 Å². The molecule has 3 N–H and O–H groups in total. The molecule has 0 atom stereocenters. The number of rotatable bonds is 2. The van der Waals surface area contributed by atoms with Crippen LogP contribution in [0.5, 0.6) is 11.5 Å². The molecule has 0 radical (unpaired) electrons. The van der Waals surface area contributed by atoms with Gasteiger partial charge >= 0.3 is 0 Å². The summed E-state index contributed by atoms with van der Waals surface area (Å²) in [5.74, 6) is 1.49. The first-order valence-electron chi connectivity index (χ1n) is 5.20. The number of aromatic nitrogens is 1. The number of hydrogen-bond donors (Lipinski definition) is 2. The molecule has 1 aliphatic heterocycles. The maximum atomic E-state index is 5.61. The molecule has 1 aromatic carbocycles. The number of aromatic amines is 1. The number of nitrogens with one attached hydrogen (secondary N) is 1. The van der Waals surface area contributed by atoms with Crippen LogP contribution in [0.25, 0.3) is 10.9 Å². The van der Waals surface area contributed by atoms with E-state index in [1.807, 2.05) is 6.20 Å². The summed E-state index contributed by atoms with van der Waals surface area (Å²) in [6.45, 7) is 0.872. The first kappa shape index (κ1) is 11.4. The molecule has 17 heavy (non-hydrogen) atoms. The Bertz CT molecular complexity index is 595. The molecule has 0 bridgehead atoms. The Hall–Kier alpha value is -0.720. The molecule has 90 valence electrons. The minimum Gasteiger partial charge on any atom is -0.452 e. The van der Waals surface area contributed by atoms with E-state index in [4.69, 9.17) is 15.2 Å². The van der Waals surface area contributed by atoms with E-state index in [0.717, 1.165) is 37.8 Å². The van der Waals surface area contributed by atoms with Gasteiger partial charge < -0.3 is 20.2 Å². The monoisotopic (exact) mass is 360 g/mol. The van der Waals surface area contributed by atoms with Gasteiger partial charge in [-0.25, -0.2) is 0 Å². The number of fused-ring (bicyclic) bond motifs is 2. The zero-order valence-corrected chi connectivity index (χ0v) is 12.0. The van der Waals surface area contributed by atoms with Gasteiger partial charge in [-0.2, -0.15) is 0 Å². The molecule has 4 nitrogen and oxygen atoms in total. The lowest BCUT2D eigenvalue weighted by Gasteiger charge is -2.06. The van der Waals surface area contributed by atoms with Gasteiger partial charge in [0.1, 0.15) is 0 Å². The van der Waals surface area contributed by atoms with E-state index in [0.29, 0.717) is 6.54 Å². The standard InChI is InChI=1S/C11H10Br2N2O2/c12-7-6-5(1-2-14)3-15-9(6)8(13)11-10(7)16-4-17-11/h3,15H,1-2,4,14H2. The van der Waals surface area contributed by atoms with E-state index in [1.54, 1.807) is 0 Å². The Morgan fingerprint density at radius 1 is 1.24 bits per heavy atom. The highest BCUT2D eigenvalue weighted by Crippen LogP contribution is 2.50. The summed E-state index contributed by atoms with van der Waals surface area (Å²) in [4.78, 5) is 3.24. The van der Waals surface area contributed by atoms with Crippen molar-refractivity contribution in [1.29, 1.82) is 0 Å². The molecular formula is C11H10Br2N2O2. The van der Waals surface area contributed by atoms with Crippen LogP contribution in [-0.4, -0.2) is 18.3 Å². The van der Waals surface area contributed by atoms with Crippen molar-refractivity contribution >= 4 is 42.8 Å². The molecule has 0 fully saturated rings. The van der Waals surface area contributed by atoms with Crippen LogP contribution in [0.2, 0.25) is 0 Å². The lowest BCUT2D eigenvalue weighted by Crippen LogP contribution is -2.02. The lowest BCUT2D eigenvalue weighted by atomic mass is 10.1. The molecule has 1 aliphatic rings. The van der Waals surface area contributed by atoms with Gasteiger partial charge in [0.15, 0.2) is 11.5 Å². The van der Waals surface area contributed by atoms with Crippen molar-refractivity contribution in [3.8, 4) is 11.5 Å². The number of hydrogen-bond acceptors (Lipinski definition) is 3. The third-order valence-corrected chi connectivity index (χ3v) is 4.34. The van der Waals surface area contributed by atoms with Gasteiger partial charge in [-0.1, -0.05) is 0 Å². The second-order valence-electron chi connectivity index (χ2n) is 3.80. The molecule has 2 aromatic rings. The summed E-state index contributed by atoms with van der Waals surface area (Å²) in [7, 11) is 0. The smallest absolute Gasteiger partial charge is 0.231 e. The SMILES string of the molecule is NCCc1c[nH]c2c(Br)c3c(c(Br)c12)OCO3. The summed E-state index contributed by atoms with van der Waals surface area (Å²) < 4.78 is 12.7. The van der Waals surface area contributed by atoms with Crippen molar-refractivity contribution < 1.29 is 9.47 Å². The van der Waals surface area contributed by atoms with Crippen molar-refractivity contribution in [3.63, 3.8) is 0 Å². The Morgan fingerprint density at radius 3 is 2.65 bits per heavy atom. The number of nitrogens with two attached hydrogens (primary N) is 1. The van der Waals surface area contributed by atoms with E-state index >= 15 is 0 Å². The highest BCUT2D eigenvalue weighted by molar-refractivity contribution is 9.11. The maximum absolute atomic E-state index is 5.61. The van der Waals surface area contributed by atoms with Crippen LogP contribution < -0.4 is 15.2 Å². The third-order valence-electron chi connectivity index (χ3n) is 2.83. The van der Waals surface area contributed by atoms with Crippen LogP contribution in [0, 0.1) is 0 Å². The van der Waals surface area contributed by atoms with Crippen molar-refractivity contribution in [1.82, 2.24) is 4.98 Å². The van der Waals surface area contributed by atoms with Crippen LogP contribution in [0.4, 0.5) is 0 Å². The second-order valence-corrected chi connectivity index (χ2v) is 5.38.